The Kier molecular flexibility index (Phi) is 3.74. The van der Waals surface area contributed by atoms with Gasteiger partial charge in [0.1, 0.15) is 4.21 Å². The van der Waals surface area contributed by atoms with Gasteiger partial charge in [0.2, 0.25) is 0 Å². The van der Waals surface area contributed by atoms with Crippen LogP contribution in [0, 0.1) is 6.92 Å². The molecule has 0 radical (unpaired) electrons. The lowest BCUT2D eigenvalue weighted by molar-refractivity contribution is 0.297. The lowest BCUT2D eigenvalue weighted by Gasteiger charge is -2.21. The summed E-state index contributed by atoms with van der Waals surface area (Å²) >= 11 is 4.53. The summed E-state index contributed by atoms with van der Waals surface area (Å²) in [5, 5.41) is 3.85. The summed E-state index contributed by atoms with van der Waals surface area (Å²) < 4.78 is 33.3. The van der Waals surface area contributed by atoms with Crippen LogP contribution in [0.4, 0.5) is 0 Å². The quantitative estimate of drug-likeness (QED) is 0.823. The Morgan fingerprint density at radius 3 is 2.90 bits per heavy atom. The van der Waals surface area contributed by atoms with Gasteiger partial charge in [0, 0.05) is 12.6 Å². The maximum absolute atomic E-state index is 12.7. The zero-order valence-corrected chi connectivity index (χ0v) is 14.0. The summed E-state index contributed by atoms with van der Waals surface area (Å²) in [7, 11) is -3.47. The van der Waals surface area contributed by atoms with Gasteiger partial charge in [-0.05, 0) is 47.8 Å². The Hall–Kier alpha value is -0.700. The molecule has 1 fully saturated rings. The van der Waals surface area contributed by atoms with Crippen LogP contribution in [0.2, 0.25) is 0 Å². The molecule has 0 aliphatic carbocycles. The molecule has 0 aromatic carbocycles. The van der Waals surface area contributed by atoms with Crippen molar-refractivity contribution >= 4 is 37.3 Å². The molecule has 1 saturated heterocycles. The Balaban J connectivity index is 1.96. The highest BCUT2D eigenvalue weighted by Gasteiger charge is 2.38. The van der Waals surface area contributed by atoms with Crippen molar-refractivity contribution in [1.82, 2.24) is 9.46 Å². The maximum atomic E-state index is 12.7. The number of sulfonamides is 1. The van der Waals surface area contributed by atoms with Gasteiger partial charge < -0.3 is 4.52 Å². The van der Waals surface area contributed by atoms with E-state index in [-0.39, 0.29) is 6.04 Å². The first kappa shape index (κ1) is 14.2. The van der Waals surface area contributed by atoms with Crippen LogP contribution in [0.15, 0.2) is 30.7 Å². The van der Waals surface area contributed by atoms with Crippen molar-refractivity contribution in [3.05, 3.63) is 33.4 Å². The minimum absolute atomic E-state index is 0.248. The maximum Gasteiger partial charge on any atom is 0.253 e. The van der Waals surface area contributed by atoms with Gasteiger partial charge in [-0.3, -0.25) is 0 Å². The second kappa shape index (κ2) is 5.25. The number of rotatable bonds is 3. The number of nitrogens with zero attached hydrogens (tertiary/aromatic N) is 2. The molecule has 0 unspecified atom stereocenters. The van der Waals surface area contributed by atoms with Gasteiger partial charge >= 0.3 is 0 Å². The Morgan fingerprint density at radius 1 is 1.50 bits per heavy atom. The molecule has 1 aliphatic rings. The Labute approximate surface area is 129 Å². The molecule has 0 spiro atoms. The van der Waals surface area contributed by atoms with Crippen LogP contribution in [-0.4, -0.2) is 24.4 Å². The van der Waals surface area contributed by atoms with E-state index in [1.54, 1.807) is 12.1 Å². The second-order valence-electron chi connectivity index (χ2n) is 4.70. The number of thiophene rings is 1. The first-order chi connectivity index (χ1) is 9.48. The van der Waals surface area contributed by atoms with Crippen LogP contribution in [-0.2, 0) is 10.0 Å². The molecule has 5 nitrogen and oxygen atoms in total. The van der Waals surface area contributed by atoms with Crippen LogP contribution in [0.1, 0.15) is 30.3 Å². The molecule has 1 aliphatic heterocycles. The van der Waals surface area contributed by atoms with Gasteiger partial charge in [-0.1, -0.05) is 5.16 Å². The first-order valence-electron chi connectivity index (χ1n) is 6.19. The van der Waals surface area contributed by atoms with Crippen molar-refractivity contribution in [3.8, 4) is 0 Å². The monoisotopic (exact) mass is 376 g/mol. The molecule has 3 rings (SSSR count). The summed E-state index contributed by atoms with van der Waals surface area (Å²) in [4.78, 5) is 0. The minimum Gasteiger partial charge on any atom is -0.359 e. The van der Waals surface area contributed by atoms with Gasteiger partial charge in [-0.25, -0.2) is 8.42 Å². The second-order valence-corrected chi connectivity index (χ2v) is 9.28. The van der Waals surface area contributed by atoms with Gasteiger partial charge in [0.05, 0.1) is 15.5 Å². The number of aryl methyl sites for hydroxylation is 1. The highest BCUT2D eigenvalue weighted by atomic mass is 79.9. The highest BCUT2D eigenvalue weighted by molar-refractivity contribution is 9.11. The topological polar surface area (TPSA) is 63.4 Å². The molecule has 2 aromatic rings. The van der Waals surface area contributed by atoms with Gasteiger partial charge in [-0.2, -0.15) is 4.31 Å². The molecule has 8 heteroatoms. The lowest BCUT2D eigenvalue weighted by atomic mass is 10.2. The standard InChI is InChI=1S/C12H13BrN2O3S2/c1-8-7-10(18-14-8)9-3-2-6-15(9)20(16,17)12-5-4-11(13)19-12/h4-5,7,9H,2-3,6H2,1H3/t9-/m0/s1. The van der Waals surface area contributed by atoms with E-state index in [1.165, 1.54) is 15.6 Å². The molecular formula is C12H13BrN2O3S2. The zero-order chi connectivity index (χ0) is 14.3. The van der Waals surface area contributed by atoms with Crippen molar-refractivity contribution < 1.29 is 12.9 Å². The molecule has 0 bridgehead atoms. The Bertz CT molecular complexity index is 723. The van der Waals surface area contributed by atoms with Crippen molar-refractivity contribution in [1.29, 1.82) is 0 Å². The molecule has 0 saturated carbocycles. The fourth-order valence-electron chi connectivity index (χ4n) is 2.40. The summed E-state index contributed by atoms with van der Waals surface area (Å²) in [6.07, 6.45) is 1.59. The Morgan fingerprint density at radius 2 is 2.30 bits per heavy atom. The van der Waals surface area contributed by atoms with Crippen LogP contribution in [0.5, 0.6) is 0 Å². The van der Waals surface area contributed by atoms with Crippen molar-refractivity contribution in [2.45, 2.75) is 30.0 Å². The van der Waals surface area contributed by atoms with E-state index in [9.17, 15) is 8.42 Å². The number of hydrogen-bond acceptors (Lipinski definition) is 5. The smallest absolute Gasteiger partial charge is 0.253 e. The van der Waals surface area contributed by atoms with Crippen LogP contribution in [0.3, 0.4) is 0 Å². The first-order valence-corrected chi connectivity index (χ1v) is 9.24. The molecule has 1 atom stereocenters. The van der Waals surface area contributed by atoms with Gasteiger partial charge in [0.15, 0.2) is 5.76 Å². The molecule has 0 N–H and O–H groups in total. The summed E-state index contributed by atoms with van der Waals surface area (Å²) in [5.41, 5.74) is 0.767. The lowest BCUT2D eigenvalue weighted by Crippen LogP contribution is -2.30. The van der Waals surface area contributed by atoms with Crippen LogP contribution < -0.4 is 0 Å². The normalized spacial score (nSPS) is 20.6. The van der Waals surface area contributed by atoms with E-state index in [0.29, 0.717) is 16.5 Å². The molecule has 108 valence electrons. The predicted octanol–water partition coefficient (Wildman–Crippen LogP) is 3.33. The van der Waals surface area contributed by atoms with E-state index < -0.39 is 10.0 Å². The third-order valence-corrected chi connectivity index (χ3v) is 7.29. The van der Waals surface area contributed by atoms with E-state index in [0.717, 1.165) is 22.3 Å². The number of halogens is 1. The number of aromatic nitrogens is 1. The summed E-state index contributed by atoms with van der Waals surface area (Å²) in [6, 6.07) is 4.94. The van der Waals surface area contributed by atoms with Gasteiger partial charge in [-0.15, -0.1) is 11.3 Å². The van der Waals surface area contributed by atoms with E-state index in [2.05, 4.69) is 21.1 Å². The van der Waals surface area contributed by atoms with E-state index in [1.807, 2.05) is 13.0 Å². The average Bonchev–Trinajstić information content (AvgIpc) is 3.07. The third kappa shape index (κ3) is 2.45. The highest BCUT2D eigenvalue weighted by Crippen LogP contribution is 2.38. The van der Waals surface area contributed by atoms with Gasteiger partial charge in [0.25, 0.3) is 10.0 Å². The fourth-order valence-corrected chi connectivity index (χ4v) is 6.21. The number of hydrogen-bond donors (Lipinski definition) is 0. The average molecular weight is 377 g/mol. The summed E-state index contributed by atoms with van der Waals surface area (Å²) in [5.74, 6) is 0.624. The van der Waals surface area contributed by atoms with Crippen molar-refractivity contribution in [2.24, 2.45) is 0 Å². The molecular weight excluding hydrogens is 364 g/mol. The molecule has 20 heavy (non-hydrogen) atoms. The third-order valence-electron chi connectivity index (χ3n) is 3.29. The van der Waals surface area contributed by atoms with Crippen molar-refractivity contribution in [2.75, 3.05) is 6.54 Å². The zero-order valence-electron chi connectivity index (χ0n) is 10.7. The fraction of sp³-hybridized carbons (Fsp3) is 0.417. The molecule has 2 aromatic heterocycles. The van der Waals surface area contributed by atoms with Crippen molar-refractivity contribution in [3.63, 3.8) is 0 Å². The largest absolute Gasteiger partial charge is 0.359 e. The minimum atomic E-state index is -3.47. The van der Waals surface area contributed by atoms with Crippen LogP contribution in [0.25, 0.3) is 0 Å². The summed E-state index contributed by atoms with van der Waals surface area (Å²) in [6.45, 7) is 2.35. The van der Waals surface area contributed by atoms with E-state index >= 15 is 0 Å². The SMILES string of the molecule is Cc1cc([C@@H]2CCCN2S(=O)(=O)c2ccc(Br)s2)on1. The van der Waals surface area contributed by atoms with Crippen LogP contribution >= 0.6 is 27.3 Å². The molecule has 0 amide bonds. The predicted molar refractivity (Wildman–Crippen MR) is 79.1 cm³/mol. The van der Waals surface area contributed by atoms with E-state index in [4.69, 9.17) is 4.52 Å². The molecule has 3 heterocycles.